The lowest BCUT2D eigenvalue weighted by molar-refractivity contribution is -0.139. The van der Waals surface area contributed by atoms with Gasteiger partial charge in [0.05, 0.1) is 11.9 Å². The number of Topliss-reactive ketones (excluding diaryl/α,β-unsaturated/α-hetero) is 1. The molecule has 0 spiro atoms. The Morgan fingerprint density at radius 3 is 2.23 bits per heavy atom. The Balaban J connectivity index is 2.41. The number of halogens is 1. The van der Waals surface area contributed by atoms with Gasteiger partial charge in [-0.25, -0.2) is 12.8 Å². The molecule has 0 fully saturated rings. The summed E-state index contributed by atoms with van der Waals surface area (Å²) in [6, 6.07) is 10.4. The molecule has 8 nitrogen and oxygen atoms in total. The van der Waals surface area contributed by atoms with Crippen LogP contribution in [0, 0.1) is 5.82 Å². The Bertz CT molecular complexity index is 1170. The Hall–Kier alpha value is -3.27. The van der Waals surface area contributed by atoms with Crippen molar-refractivity contribution in [2.24, 2.45) is 0 Å². The van der Waals surface area contributed by atoms with Crippen molar-refractivity contribution in [3.8, 4) is 0 Å². The summed E-state index contributed by atoms with van der Waals surface area (Å²) in [6.07, 6.45) is 1.66. The second kappa shape index (κ2) is 11.9. The van der Waals surface area contributed by atoms with Crippen LogP contribution in [-0.4, -0.2) is 55.8 Å². The summed E-state index contributed by atoms with van der Waals surface area (Å²) < 4.78 is 39.5. The maximum atomic E-state index is 13.5. The number of anilines is 1. The molecule has 0 bridgehead atoms. The van der Waals surface area contributed by atoms with Crippen molar-refractivity contribution < 1.29 is 27.2 Å². The first-order valence-corrected chi connectivity index (χ1v) is 13.1. The van der Waals surface area contributed by atoms with Crippen LogP contribution in [0.25, 0.3) is 0 Å². The third-order valence-electron chi connectivity index (χ3n) is 5.65. The van der Waals surface area contributed by atoms with Crippen LogP contribution in [0.3, 0.4) is 0 Å². The zero-order chi connectivity index (χ0) is 26.3. The highest BCUT2D eigenvalue weighted by Crippen LogP contribution is 2.21. The smallest absolute Gasteiger partial charge is 0.244 e. The van der Waals surface area contributed by atoms with Crippen LogP contribution in [0.4, 0.5) is 10.1 Å². The van der Waals surface area contributed by atoms with E-state index in [1.165, 1.54) is 54.3 Å². The molecule has 0 heterocycles. The number of sulfonamides is 1. The fourth-order valence-electron chi connectivity index (χ4n) is 3.33. The van der Waals surface area contributed by atoms with Crippen LogP contribution >= 0.6 is 0 Å². The van der Waals surface area contributed by atoms with Crippen LogP contribution in [0.1, 0.15) is 50.0 Å². The summed E-state index contributed by atoms with van der Waals surface area (Å²) in [5, 5.41) is 2.83. The van der Waals surface area contributed by atoms with E-state index < -0.39 is 34.3 Å². The van der Waals surface area contributed by atoms with Gasteiger partial charge in [-0.05, 0) is 57.0 Å². The predicted octanol–water partition coefficient (Wildman–Crippen LogP) is 3.13. The van der Waals surface area contributed by atoms with Gasteiger partial charge in [0.1, 0.15) is 18.4 Å². The van der Waals surface area contributed by atoms with E-state index in [2.05, 4.69) is 5.32 Å². The minimum Gasteiger partial charge on any atom is -0.352 e. The third kappa shape index (κ3) is 7.88. The first kappa shape index (κ1) is 28.0. The van der Waals surface area contributed by atoms with Gasteiger partial charge in [0.25, 0.3) is 0 Å². The molecule has 1 N–H and O–H groups in total. The molecule has 0 saturated heterocycles. The number of carbonyl (C=O) groups is 3. The van der Waals surface area contributed by atoms with E-state index >= 15 is 0 Å². The molecule has 2 aromatic rings. The normalized spacial score (nSPS) is 13.0. The first-order valence-electron chi connectivity index (χ1n) is 11.3. The summed E-state index contributed by atoms with van der Waals surface area (Å²) in [6.45, 7) is 6.05. The second-order valence-corrected chi connectivity index (χ2v) is 10.4. The highest BCUT2D eigenvalue weighted by Gasteiger charge is 2.30. The highest BCUT2D eigenvalue weighted by molar-refractivity contribution is 7.92. The fraction of sp³-hybridized carbons (Fsp3) is 0.400. The van der Waals surface area contributed by atoms with E-state index in [1.54, 1.807) is 13.0 Å². The van der Waals surface area contributed by atoms with Crippen LogP contribution in [0.2, 0.25) is 0 Å². The number of amides is 2. The number of hydrogen-bond donors (Lipinski definition) is 1. The van der Waals surface area contributed by atoms with Crippen molar-refractivity contribution in [3.63, 3.8) is 0 Å². The molecule has 2 atom stereocenters. The maximum Gasteiger partial charge on any atom is 0.244 e. The van der Waals surface area contributed by atoms with Crippen molar-refractivity contribution in [1.29, 1.82) is 0 Å². The maximum absolute atomic E-state index is 13.5. The summed E-state index contributed by atoms with van der Waals surface area (Å²) >= 11 is 0. The van der Waals surface area contributed by atoms with Gasteiger partial charge in [0, 0.05) is 18.2 Å². The molecule has 0 aliphatic heterocycles. The van der Waals surface area contributed by atoms with Crippen molar-refractivity contribution >= 4 is 33.3 Å². The van der Waals surface area contributed by atoms with Crippen LogP contribution in [0.5, 0.6) is 0 Å². The zero-order valence-electron chi connectivity index (χ0n) is 20.6. The second-order valence-electron chi connectivity index (χ2n) is 8.52. The number of benzene rings is 2. The Morgan fingerprint density at radius 1 is 1.06 bits per heavy atom. The molecule has 2 amide bonds. The van der Waals surface area contributed by atoms with Crippen LogP contribution in [0.15, 0.2) is 48.5 Å². The van der Waals surface area contributed by atoms with Crippen molar-refractivity contribution in [3.05, 3.63) is 65.5 Å². The molecule has 0 aliphatic carbocycles. The van der Waals surface area contributed by atoms with Gasteiger partial charge in [-0.3, -0.25) is 18.7 Å². The molecule has 0 aromatic heterocycles. The number of carbonyl (C=O) groups excluding carboxylic acids is 3. The largest absolute Gasteiger partial charge is 0.352 e. The van der Waals surface area contributed by atoms with Gasteiger partial charge in [0.2, 0.25) is 21.8 Å². The Kier molecular flexibility index (Phi) is 9.53. The fourth-order valence-corrected chi connectivity index (χ4v) is 4.17. The number of ketones is 1. The van der Waals surface area contributed by atoms with Crippen molar-refractivity contribution in [2.45, 2.75) is 52.7 Å². The third-order valence-corrected chi connectivity index (χ3v) is 6.79. The van der Waals surface area contributed by atoms with Crippen LogP contribution < -0.4 is 9.62 Å². The van der Waals surface area contributed by atoms with E-state index in [9.17, 15) is 27.2 Å². The van der Waals surface area contributed by atoms with E-state index in [4.69, 9.17) is 0 Å². The lowest BCUT2D eigenvalue weighted by Crippen LogP contribution is -2.52. The molecule has 35 heavy (non-hydrogen) atoms. The van der Waals surface area contributed by atoms with Gasteiger partial charge >= 0.3 is 0 Å². The Labute approximate surface area is 206 Å². The minimum atomic E-state index is -3.91. The molecule has 0 aliphatic rings. The highest BCUT2D eigenvalue weighted by atomic mass is 32.2. The summed E-state index contributed by atoms with van der Waals surface area (Å²) in [5.74, 6) is -1.71. The average Bonchev–Trinajstić information content (AvgIpc) is 2.80. The molecule has 2 rings (SSSR count). The van der Waals surface area contributed by atoms with Gasteiger partial charge in [-0.15, -0.1) is 0 Å². The molecule has 0 saturated carbocycles. The van der Waals surface area contributed by atoms with Gasteiger partial charge in [-0.2, -0.15) is 0 Å². The van der Waals surface area contributed by atoms with E-state index in [1.807, 2.05) is 13.8 Å². The molecule has 10 heteroatoms. The molecular formula is C25H32FN3O5S. The first-order chi connectivity index (χ1) is 16.3. The van der Waals surface area contributed by atoms with Gasteiger partial charge < -0.3 is 10.2 Å². The zero-order valence-corrected chi connectivity index (χ0v) is 21.4. The summed E-state index contributed by atoms with van der Waals surface area (Å²) in [4.78, 5) is 39.4. The van der Waals surface area contributed by atoms with E-state index in [0.29, 0.717) is 17.5 Å². The molecular weight excluding hydrogens is 473 g/mol. The topological polar surface area (TPSA) is 104 Å². The standard InChI is InChI=1S/C25H32FN3O5S/c1-6-17(2)27-25(32)18(3)28(15-20-10-12-22(26)13-11-20)24(31)16-29(35(5,33)34)23-9-7-8-21(14-23)19(4)30/h7-14,17-18H,6,15-16H2,1-5H3,(H,27,32). The number of nitrogens with zero attached hydrogens (tertiary/aromatic N) is 2. The monoisotopic (exact) mass is 505 g/mol. The number of nitrogens with one attached hydrogen (secondary N) is 1. The van der Waals surface area contributed by atoms with Gasteiger partial charge in [-0.1, -0.05) is 31.2 Å². The molecule has 190 valence electrons. The van der Waals surface area contributed by atoms with Crippen molar-refractivity contribution in [1.82, 2.24) is 10.2 Å². The minimum absolute atomic E-state index is 0.0285. The molecule has 2 aromatic carbocycles. The Morgan fingerprint density at radius 2 is 1.69 bits per heavy atom. The lowest BCUT2D eigenvalue weighted by Gasteiger charge is -2.32. The SMILES string of the molecule is CCC(C)NC(=O)C(C)N(Cc1ccc(F)cc1)C(=O)CN(c1cccc(C(C)=O)c1)S(C)(=O)=O. The molecule has 0 radical (unpaired) electrons. The summed E-state index contributed by atoms with van der Waals surface area (Å²) in [7, 11) is -3.91. The van der Waals surface area contributed by atoms with E-state index in [-0.39, 0.29) is 30.0 Å². The number of hydrogen-bond acceptors (Lipinski definition) is 5. The quantitative estimate of drug-likeness (QED) is 0.473. The summed E-state index contributed by atoms with van der Waals surface area (Å²) in [5.41, 5.74) is 1.03. The molecule has 2 unspecified atom stereocenters. The lowest BCUT2D eigenvalue weighted by atomic mass is 10.1. The van der Waals surface area contributed by atoms with Crippen molar-refractivity contribution in [2.75, 3.05) is 17.1 Å². The predicted molar refractivity (Wildman–Crippen MR) is 133 cm³/mol. The van der Waals surface area contributed by atoms with E-state index in [0.717, 1.165) is 10.6 Å². The average molecular weight is 506 g/mol. The van der Waals surface area contributed by atoms with Crippen LogP contribution in [-0.2, 0) is 26.2 Å². The van der Waals surface area contributed by atoms with Gasteiger partial charge in [0.15, 0.2) is 5.78 Å². The number of rotatable bonds is 11.